The van der Waals surface area contributed by atoms with Gasteiger partial charge in [0.1, 0.15) is 0 Å². The van der Waals surface area contributed by atoms with Crippen LogP contribution in [0.2, 0.25) is 0 Å². The molecule has 2 heterocycles. The topological polar surface area (TPSA) is 64.3 Å². The van der Waals surface area contributed by atoms with E-state index in [-0.39, 0.29) is 17.5 Å². The Morgan fingerprint density at radius 3 is 1.88 bits per heavy atom. The molecule has 4 rings (SSSR count). The SMILES string of the molecule is Cn1c(=O)n(C)c2cc(N3C(=O)c4ccccc4C3=O)c(Br)cc21. The van der Waals surface area contributed by atoms with Crippen molar-refractivity contribution < 1.29 is 9.59 Å². The van der Waals surface area contributed by atoms with Crippen LogP contribution >= 0.6 is 15.9 Å². The first-order valence-corrected chi connectivity index (χ1v) is 8.04. The zero-order chi connectivity index (χ0) is 17.2. The number of carbonyl (C=O) groups is 2. The molecule has 0 N–H and O–H groups in total. The Bertz CT molecular complexity index is 1080. The largest absolute Gasteiger partial charge is 0.328 e. The molecule has 7 heteroatoms. The molecule has 1 aliphatic rings. The summed E-state index contributed by atoms with van der Waals surface area (Å²) in [6, 6.07) is 10.2. The van der Waals surface area contributed by atoms with Gasteiger partial charge in [-0.1, -0.05) is 12.1 Å². The van der Waals surface area contributed by atoms with Gasteiger partial charge in [0.15, 0.2) is 0 Å². The van der Waals surface area contributed by atoms with Crippen LogP contribution in [0.5, 0.6) is 0 Å². The van der Waals surface area contributed by atoms with Gasteiger partial charge in [-0.25, -0.2) is 9.69 Å². The molecule has 0 unspecified atom stereocenters. The van der Waals surface area contributed by atoms with E-state index < -0.39 is 0 Å². The van der Waals surface area contributed by atoms with E-state index in [9.17, 15) is 14.4 Å². The van der Waals surface area contributed by atoms with Gasteiger partial charge in [-0.2, -0.15) is 0 Å². The van der Waals surface area contributed by atoms with Gasteiger partial charge in [-0.05, 0) is 40.2 Å². The zero-order valence-corrected chi connectivity index (χ0v) is 14.5. The summed E-state index contributed by atoms with van der Waals surface area (Å²) < 4.78 is 3.58. The van der Waals surface area contributed by atoms with E-state index in [1.165, 1.54) is 9.13 Å². The minimum absolute atomic E-state index is 0.170. The minimum Gasteiger partial charge on any atom is -0.295 e. The van der Waals surface area contributed by atoms with Crippen molar-refractivity contribution in [1.29, 1.82) is 0 Å². The number of nitrogens with zero attached hydrogens (tertiary/aromatic N) is 3. The van der Waals surface area contributed by atoms with E-state index in [1.807, 2.05) is 0 Å². The van der Waals surface area contributed by atoms with E-state index in [0.717, 1.165) is 10.4 Å². The molecule has 0 saturated carbocycles. The molecule has 24 heavy (non-hydrogen) atoms. The lowest BCUT2D eigenvalue weighted by Gasteiger charge is -2.16. The average Bonchev–Trinajstić information content (AvgIpc) is 2.95. The van der Waals surface area contributed by atoms with Crippen LogP contribution in [0.25, 0.3) is 11.0 Å². The summed E-state index contributed by atoms with van der Waals surface area (Å²) in [5.41, 5.74) is 2.39. The number of carbonyl (C=O) groups excluding carboxylic acids is 2. The number of imide groups is 1. The Kier molecular flexibility index (Phi) is 3.05. The summed E-state index contributed by atoms with van der Waals surface area (Å²) in [6.45, 7) is 0. The molecular weight excluding hydrogens is 374 g/mol. The zero-order valence-electron chi connectivity index (χ0n) is 12.9. The Labute approximate surface area is 145 Å². The molecule has 6 nitrogen and oxygen atoms in total. The summed E-state index contributed by atoms with van der Waals surface area (Å²) in [5, 5.41) is 0. The molecule has 1 aliphatic heterocycles. The lowest BCUT2D eigenvalue weighted by Crippen LogP contribution is -2.29. The molecule has 0 radical (unpaired) electrons. The first kappa shape index (κ1) is 14.9. The maximum absolute atomic E-state index is 12.7. The molecule has 0 bridgehead atoms. The van der Waals surface area contributed by atoms with Crippen LogP contribution in [0.4, 0.5) is 5.69 Å². The van der Waals surface area contributed by atoms with Gasteiger partial charge in [-0.15, -0.1) is 0 Å². The van der Waals surface area contributed by atoms with E-state index in [2.05, 4.69) is 15.9 Å². The highest BCUT2D eigenvalue weighted by Gasteiger charge is 2.37. The van der Waals surface area contributed by atoms with Crippen molar-refractivity contribution in [1.82, 2.24) is 9.13 Å². The third kappa shape index (κ3) is 1.78. The number of amides is 2. The molecule has 120 valence electrons. The maximum atomic E-state index is 12.7. The van der Waals surface area contributed by atoms with E-state index in [1.54, 1.807) is 50.5 Å². The van der Waals surface area contributed by atoms with Crippen LogP contribution in [-0.2, 0) is 14.1 Å². The van der Waals surface area contributed by atoms with Crippen molar-refractivity contribution in [3.05, 3.63) is 62.5 Å². The fraction of sp³-hybridized carbons (Fsp3) is 0.118. The number of hydrogen-bond acceptors (Lipinski definition) is 3. The van der Waals surface area contributed by atoms with Gasteiger partial charge in [0.05, 0.1) is 27.8 Å². The van der Waals surface area contributed by atoms with Crippen molar-refractivity contribution in [2.45, 2.75) is 0 Å². The minimum atomic E-state index is -0.364. The van der Waals surface area contributed by atoms with Crippen LogP contribution in [0.1, 0.15) is 20.7 Å². The quantitative estimate of drug-likeness (QED) is 0.604. The molecule has 3 aromatic rings. The van der Waals surface area contributed by atoms with Gasteiger partial charge in [-0.3, -0.25) is 18.7 Å². The summed E-state index contributed by atoms with van der Waals surface area (Å²) in [6.07, 6.45) is 0. The van der Waals surface area contributed by atoms with Crippen LogP contribution in [0.3, 0.4) is 0 Å². The second-order valence-electron chi connectivity index (χ2n) is 5.68. The number of fused-ring (bicyclic) bond motifs is 2. The average molecular weight is 386 g/mol. The molecule has 2 aromatic carbocycles. The normalized spacial score (nSPS) is 13.9. The number of anilines is 1. The number of benzene rings is 2. The molecule has 0 atom stereocenters. The molecule has 0 aliphatic carbocycles. The highest BCUT2D eigenvalue weighted by atomic mass is 79.9. The molecule has 0 spiro atoms. The molecule has 0 saturated heterocycles. The van der Waals surface area contributed by atoms with Crippen LogP contribution in [0.15, 0.2) is 45.7 Å². The van der Waals surface area contributed by atoms with E-state index in [0.29, 0.717) is 26.8 Å². The van der Waals surface area contributed by atoms with E-state index >= 15 is 0 Å². The summed E-state index contributed by atoms with van der Waals surface area (Å²) in [4.78, 5) is 38.6. The number of imidazole rings is 1. The first-order valence-electron chi connectivity index (χ1n) is 7.24. The van der Waals surface area contributed by atoms with Crippen LogP contribution in [0, 0.1) is 0 Å². The van der Waals surface area contributed by atoms with Crippen molar-refractivity contribution >= 4 is 44.5 Å². The highest BCUT2D eigenvalue weighted by molar-refractivity contribution is 9.10. The predicted molar refractivity (Wildman–Crippen MR) is 93.4 cm³/mol. The lowest BCUT2D eigenvalue weighted by molar-refractivity contribution is 0.0926. The molecule has 2 amide bonds. The fourth-order valence-electron chi connectivity index (χ4n) is 3.09. The summed E-state index contributed by atoms with van der Waals surface area (Å²) in [5.74, 6) is -0.729. The monoisotopic (exact) mass is 385 g/mol. The number of halogens is 1. The summed E-state index contributed by atoms with van der Waals surface area (Å²) in [7, 11) is 3.34. The maximum Gasteiger partial charge on any atom is 0.328 e. The van der Waals surface area contributed by atoms with Gasteiger partial charge in [0.2, 0.25) is 0 Å². The fourth-order valence-corrected chi connectivity index (χ4v) is 3.60. The van der Waals surface area contributed by atoms with E-state index in [4.69, 9.17) is 0 Å². The first-order chi connectivity index (χ1) is 11.4. The number of hydrogen-bond donors (Lipinski definition) is 0. The van der Waals surface area contributed by atoms with Crippen molar-refractivity contribution in [2.24, 2.45) is 14.1 Å². The van der Waals surface area contributed by atoms with Crippen LogP contribution in [-0.4, -0.2) is 20.9 Å². The molecule has 0 fully saturated rings. The van der Waals surface area contributed by atoms with Crippen molar-refractivity contribution in [3.63, 3.8) is 0 Å². The van der Waals surface area contributed by atoms with Gasteiger partial charge >= 0.3 is 5.69 Å². The third-order valence-corrected chi connectivity index (χ3v) is 5.01. The third-order valence-electron chi connectivity index (χ3n) is 4.38. The standard InChI is InChI=1S/C17H12BrN3O3/c1-19-13-7-11(18)12(8-14(13)20(2)17(19)24)21-15(22)9-5-3-4-6-10(9)16(21)23/h3-8H,1-2H3. The predicted octanol–water partition coefficient (Wildman–Crippen LogP) is 2.44. The Balaban J connectivity index is 1.97. The van der Waals surface area contributed by atoms with Crippen molar-refractivity contribution in [2.75, 3.05) is 4.90 Å². The second kappa shape index (κ2) is 4.91. The van der Waals surface area contributed by atoms with Gasteiger partial charge in [0.25, 0.3) is 11.8 Å². The number of aryl methyl sites for hydroxylation is 2. The van der Waals surface area contributed by atoms with Gasteiger partial charge in [0, 0.05) is 18.6 Å². The summed E-state index contributed by atoms with van der Waals surface area (Å²) >= 11 is 3.42. The van der Waals surface area contributed by atoms with Crippen LogP contribution < -0.4 is 10.6 Å². The number of rotatable bonds is 1. The lowest BCUT2D eigenvalue weighted by atomic mass is 10.1. The molecular formula is C17H12BrN3O3. The molecule has 1 aromatic heterocycles. The highest BCUT2D eigenvalue weighted by Crippen LogP contribution is 2.35. The Morgan fingerprint density at radius 2 is 1.33 bits per heavy atom. The van der Waals surface area contributed by atoms with Crippen molar-refractivity contribution in [3.8, 4) is 0 Å². The smallest absolute Gasteiger partial charge is 0.295 e. The number of aromatic nitrogens is 2. The van der Waals surface area contributed by atoms with Gasteiger partial charge < -0.3 is 0 Å². The Hall–Kier alpha value is -2.67. The second-order valence-corrected chi connectivity index (χ2v) is 6.54. The Morgan fingerprint density at radius 1 is 0.833 bits per heavy atom.